The molecular weight excluding hydrogens is 314 g/mol. The van der Waals surface area contributed by atoms with Crippen LogP contribution in [-0.2, 0) is 13.1 Å². The van der Waals surface area contributed by atoms with Gasteiger partial charge in [0.2, 0.25) is 0 Å². The average Bonchev–Trinajstić information content (AvgIpc) is 2.64. The van der Waals surface area contributed by atoms with Crippen molar-refractivity contribution < 1.29 is 9.47 Å². The maximum Gasteiger partial charge on any atom is 0.191 e. The standard InChI is InChI=1S/C20H27N3O2/c1-5-25-19-12-15(2)6-9-17(19)14-23-20(21-3)22-13-16-7-10-18(24-4)11-8-16/h6-12H,5,13-14H2,1-4H3,(H2,21,22,23). The molecule has 0 aromatic heterocycles. The van der Waals surface area contributed by atoms with E-state index in [-0.39, 0.29) is 0 Å². The van der Waals surface area contributed by atoms with E-state index in [1.807, 2.05) is 31.2 Å². The van der Waals surface area contributed by atoms with Crippen molar-refractivity contribution >= 4 is 5.96 Å². The number of benzene rings is 2. The van der Waals surface area contributed by atoms with Gasteiger partial charge >= 0.3 is 0 Å². The number of nitrogens with one attached hydrogen (secondary N) is 2. The van der Waals surface area contributed by atoms with E-state index in [0.29, 0.717) is 19.7 Å². The lowest BCUT2D eigenvalue weighted by Gasteiger charge is -2.15. The van der Waals surface area contributed by atoms with Crippen LogP contribution in [-0.4, -0.2) is 26.7 Å². The molecule has 0 aliphatic rings. The summed E-state index contributed by atoms with van der Waals surface area (Å²) in [6, 6.07) is 14.2. The van der Waals surface area contributed by atoms with Gasteiger partial charge in [-0.25, -0.2) is 0 Å². The average molecular weight is 341 g/mol. The van der Waals surface area contributed by atoms with Gasteiger partial charge in [0.05, 0.1) is 13.7 Å². The first kappa shape index (κ1) is 18.6. The SMILES string of the molecule is CCOc1cc(C)ccc1CNC(=NC)NCc1ccc(OC)cc1. The first-order valence-electron chi connectivity index (χ1n) is 8.46. The lowest BCUT2D eigenvalue weighted by Crippen LogP contribution is -2.36. The Hall–Kier alpha value is -2.69. The molecule has 0 unspecified atom stereocenters. The Morgan fingerprint density at radius 2 is 1.76 bits per heavy atom. The molecule has 134 valence electrons. The van der Waals surface area contributed by atoms with Gasteiger partial charge in [0.1, 0.15) is 11.5 Å². The predicted octanol–water partition coefficient (Wildman–Crippen LogP) is 3.27. The highest BCUT2D eigenvalue weighted by molar-refractivity contribution is 5.79. The first-order chi connectivity index (χ1) is 12.2. The molecule has 0 bridgehead atoms. The number of hydrogen-bond acceptors (Lipinski definition) is 3. The van der Waals surface area contributed by atoms with Gasteiger partial charge < -0.3 is 20.1 Å². The topological polar surface area (TPSA) is 54.9 Å². The summed E-state index contributed by atoms with van der Waals surface area (Å²) in [5.74, 6) is 2.52. The van der Waals surface area contributed by atoms with Crippen LogP contribution in [0.2, 0.25) is 0 Å². The summed E-state index contributed by atoms with van der Waals surface area (Å²) in [6.07, 6.45) is 0. The van der Waals surface area contributed by atoms with Crippen molar-refractivity contribution in [3.8, 4) is 11.5 Å². The third-order valence-corrected chi connectivity index (χ3v) is 3.81. The molecule has 0 fully saturated rings. The van der Waals surface area contributed by atoms with E-state index in [1.165, 1.54) is 5.56 Å². The minimum absolute atomic E-state index is 0.651. The number of aryl methyl sites for hydroxylation is 1. The first-order valence-corrected chi connectivity index (χ1v) is 8.46. The zero-order valence-electron chi connectivity index (χ0n) is 15.4. The zero-order valence-corrected chi connectivity index (χ0v) is 15.4. The van der Waals surface area contributed by atoms with Gasteiger partial charge in [0.25, 0.3) is 0 Å². The highest BCUT2D eigenvalue weighted by Gasteiger charge is 2.05. The second kappa shape index (κ2) is 9.57. The fraction of sp³-hybridized carbons (Fsp3) is 0.350. The minimum atomic E-state index is 0.651. The van der Waals surface area contributed by atoms with Gasteiger partial charge in [-0.15, -0.1) is 0 Å². The lowest BCUT2D eigenvalue weighted by atomic mass is 10.1. The second-order valence-electron chi connectivity index (χ2n) is 5.67. The van der Waals surface area contributed by atoms with Gasteiger partial charge in [0, 0.05) is 25.7 Å². The van der Waals surface area contributed by atoms with Crippen LogP contribution in [0.5, 0.6) is 11.5 Å². The monoisotopic (exact) mass is 341 g/mol. The molecule has 0 aliphatic heterocycles. The molecule has 0 amide bonds. The quantitative estimate of drug-likeness (QED) is 0.599. The normalized spacial score (nSPS) is 11.1. The van der Waals surface area contributed by atoms with Crippen LogP contribution < -0.4 is 20.1 Å². The molecule has 2 N–H and O–H groups in total. The molecule has 2 rings (SSSR count). The molecule has 5 heteroatoms. The van der Waals surface area contributed by atoms with Crippen molar-refractivity contribution in [3.05, 3.63) is 59.2 Å². The Balaban J connectivity index is 1.91. The van der Waals surface area contributed by atoms with E-state index in [2.05, 4.69) is 40.7 Å². The number of guanidine groups is 1. The number of aliphatic imine (C=N–C) groups is 1. The van der Waals surface area contributed by atoms with Crippen molar-refractivity contribution in [2.24, 2.45) is 4.99 Å². The second-order valence-corrected chi connectivity index (χ2v) is 5.67. The smallest absolute Gasteiger partial charge is 0.191 e. The number of rotatable bonds is 7. The molecule has 5 nitrogen and oxygen atoms in total. The van der Waals surface area contributed by atoms with E-state index in [9.17, 15) is 0 Å². The summed E-state index contributed by atoms with van der Waals surface area (Å²) in [6.45, 7) is 6.05. The Morgan fingerprint density at radius 3 is 2.40 bits per heavy atom. The molecule has 0 saturated carbocycles. The molecule has 0 heterocycles. The summed E-state index contributed by atoms with van der Waals surface area (Å²) in [5.41, 5.74) is 3.46. The van der Waals surface area contributed by atoms with Crippen LogP contribution in [0.4, 0.5) is 0 Å². The number of ether oxygens (including phenoxy) is 2. The summed E-state index contributed by atoms with van der Waals surface area (Å²) in [4.78, 5) is 4.27. The van der Waals surface area contributed by atoms with Crippen LogP contribution in [0.15, 0.2) is 47.5 Å². The maximum atomic E-state index is 5.72. The molecule has 0 aliphatic carbocycles. The van der Waals surface area contributed by atoms with E-state index >= 15 is 0 Å². The van der Waals surface area contributed by atoms with Crippen molar-refractivity contribution in [1.29, 1.82) is 0 Å². The largest absolute Gasteiger partial charge is 0.497 e. The fourth-order valence-corrected chi connectivity index (χ4v) is 2.43. The molecule has 0 radical (unpaired) electrons. The number of nitrogens with zero attached hydrogens (tertiary/aromatic N) is 1. The zero-order chi connectivity index (χ0) is 18.1. The maximum absolute atomic E-state index is 5.72. The molecule has 0 saturated heterocycles. The van der Waals surface area contributed by atoms with Crippen molar-refractivity contribution in [1.82, 2.24) is 10.6 Å². The minimum Gasteiger partial charge on any atom is -0.497 e. The van der Waals surface area contributed by atoms with E-state index < -0.39 is 0 Å². The van der Waals surface area contributed by atoms with Gasteiger partial charge in [-0.05, 0) is 43.2 Å². The molecule has 2 aromatic rings. The molecular formula is C20H27N3O2. The van der Waals surface area contributed by atoms with E-state index in [1.54, 1.807) is 14.2 Å². The van der Waals surface area contributed by atoms with Gasteiger partial charge in [-0.2, -0.15) is 0 Å². The van der Waals surface area contributed by atoms with Crippen LogP contribution in [0.1, 0.15) is 23.6 Å². The summed E-state index contributed by atoms with van der Waals surface area (Å²) >= 11 is 0. The highest BCUT2D eigenvalue weighted by atomic mass is 16.5. The van der Waals surface area contributed by atoms with Crippen LogP contribution in [0, 0.1) is 6.92 Å². The molecule has 25 heavy (non-hydrogen) atoms. The van der Waals surface area contributed by atoms with Crippen LogP contribution in [0.25, 0.3) is 0 Å². The van der Waals surface area contributed by atoms with Gasteiger partial charge in [-0.1, -0.05) is 24.3 Å². The van der Waals surface area contributed by atoms with Crippen molar-refractivity contribution in [2.75, 3.05) is 20.8 Å². The lowest BCUT2D eigenvalue weighted by molar-refractivity contribution is 0.336. The van der Waals surface area contributed by atoms with Crippen LogP contribution in [0.3, 0.4) is 0 Å². The van der Waals surface area contributed by atoms with Crippen molar-refractivity contribution in [3.63, 3.8) is 0 Å². The number of methoxy groups -OCH3 is 1. The molecule has 0 spiro atoms. The Bertz CT molecular complexity index is 697. The fourth-order valence-electron chi connectivity index (χ4n) is 2.43. The summed E-state index contributed by atoms with van der Waals surface area (Å²) in [7, 11) is 3.43. The third-order valence-electron chi connectivity index (χ3n) is 3.81. The highest BCUT2D eigenvalue weighted by Crippen LogP contribution is 2.20. The summed E-state index contributed by atoms with van der Waals surface area (Å²) < 4.78 is 10.9. The van der Waals surface area contributed by atoms with Crippen LogP contribution >= 0.6 is 0 Å². The predicted molar refractivity (Wildman–Crippen MR) is 102 cm³/mol. The Kier molecular flexibility index (Phi) is 7.14. The van der Waals surface area contributed by atoms with Crippen molar-refractivity contribution in [2.45, 2.75) is 26.9 Å². The molecule has 0 atom stereocenters. The summed E-state index contributed by atoms with van der Waals surface area (Å²) in [5, 5.41) is 6.64. The van der Waals surface area contributed by atoms with E-state index in [4.69, 9.17) is 9.47 Å². The van der Waals surface area contributed by atoms with Gasteiger partial charge in [0.15, 0.2) is 5.96 Å². The number of hydrogen-bond donors (Lipinski definition) is 2. The molecule has 2 aromatic carbocycles. The third kappa shape index (κ3) is 5.71. The Morgan fingerprint density at radius 1 is 1.04 bits per heavy atom. The Labute approximate surface area is 150 Å². The van der Waals surface area contributed by atoms with Gasteiger partial charge in [-0.3, -0.25) is 4.99 Å². The van der Waals surface area contributed by atoms with E-state index in [0.717, 1.165) is 28.6 Å².